The van der Waals surface area contributed by atoms with Crippen LogP contribution in [0.2, 0.25) is 0 Å². The van der Waals surface area contributed by atoms with Crippen molar-refractivity contribution < 1.29 is 23.8 Å². The predicted octanol–water partition coefficient (Wildman–Crippen LogP) is 4.47. The molecule has 5 rings (SSSR count). The molecular formula is C34H38N4O6. The van der Waals surface area contributed by atoms with Gasteiger partial charge in [-0.15, -0.1) is 0 Å². The summed E-state index contributed by atoms with van der Waals surface area (Å²) in [6.07, 6.45) is 3.16. The van der Waals surface area contributed by atoms with Crippen molar-refractivity contribution in [3.05, 3.63) is 81.6 Å². The van der Waals surface area contributed by atoms with Crippen molar-refractivity contribution >= 4 is 28.4 Å². The van der Waals surface area contributed by atoms with Crippen LogP contribution in [0.15, 0.2) is 59.5 Å². The summed E-state index contributed by atoms with van der Waals surface area (Å²) in [6.45, 7) is 3.52. The molecule has 3 N–H and O–H groups in total. The fourth-order valence-corrected chi connectivity index (χ4v) is 6.03. The number of amides is 2. The lowest BCUT2D eigenvalue weighted by Gasteiger charge is -2.19. The largest absolute Gasteiger partial charge is 0.493 e. The van der Waals surface area contributed by atoms with Gasteiger partial charge in [-0.3, -0.25) is 14.4 Å². The third-order valence-electron chi connectivity index (χ3n) is 8.11. The summed E-state index contributed by atoms with van der Waals surface area (Å²) in [7, 11) is 6.64. The van der Waals surface area contributed by atoms with Gasteiger partial charge in [0.15, 0.2) is 11.5 Å². The molecule has 1 heterocycles. The number of aryl methyl sites for hydroxylation is 2. The van der Waals surface area contributed by atoms with E-state index in [0.29, 0.717) is 47.8 Å². The Bertz CT molecular complexity index is 1800. The van der Waals surface area contributed by atoms with Crippen LogP contribution < -0.4 is 35.6 Å². The Labute approximate surface area is 256 Å². The van der Waals surface area contributed by atoms with E-state index in [1.165, 1.54) is 13.0 Å². The van der Waals surface area contributed by atoms with Crippen LogP contribution in [0.3, 0.4) is 0 Å². The van der Waals surface area contributed by atoms with Gasteiger partial charge in [0.05, 0.1) is 33.1 Å². The molecule has 0 saturated carbocycles. The van der Waals surface area contributed by atoms with Crippen LogP contribution in [-0.2, 0) is 29.6 Å². The average Bonchev–Trinajstić information content (AvgIpc) is 3.15. The molecule has 0 fully saturated rings. The number of carbonyl (C=O) groups excluding carboxylic acids is 2. The summed E-state index contributed by atoms with van der Waals surface area (Å²) in [5.74, 6) is 0.980. The average molecular weight is 599 g/mol. The number of rotatable bonds is 9. The van der Waals surface area contributed by atoms with Gasteiger partial charge in [-0.05, 0) is 66.3 Å². The van der Waals surface area contributed by atoms with Crippen molar-refractivity contribution in [1.82, 2.24) is 15.2 Å². The van der Waals surface area contributed by atoms with E-state index >= 15 is 0 Å². The molecule has 1 aliphatic rings. The molecule has 10 heteroatoms. The number of aromatic nitrogens is 1. The van der Waals surface area contributed by atoms with Crippen molar-refractivity contribution in [1.29, 1.82) is 0 Å². The van der Waals surface area contributed by atoms with Gasteiger partial charge in [-0.1, -0.05) is 24.3 Å². The first-order valence-electron chi connectivity index (χ1n) is 14.5. The highest BCUT2D eigenvalue weighted by molar-refractivity contribution is 5.87. The van der Waals surface area contributed by atoms with E-state index in [1.807, 2.05) is 54.2 Å². The fourth-order valence-electron chi connectivity index (χ4n) is 6.03. The number of para-hydroxylation sites is 1. The second-order valence-corrected chi connectivity index (χ2v) is 11.0. The van der Waals surface area contributed by atoms with E-state index < -0.39 is 12.1 Å². The summed E-state index contributed by atoms with van der Waals surface area (Å²) < 4.78 is 19.1. The van der Waals surface area contributed by atoms with Crippen LogP contribution in [0.5, 0.6) is 17.2 Å². The number of benzene rings is 2. The number of fused-ring (bicyclic) bond motifs is 4. The molecule has 0 spiro atoms. The SMILES string of the molecule is COc1cc2c(c(OC)c1OC)-c1ccc(NC(C)C(=O)NCc3cn(C)c4ccccc34)c(=O)cc1C(NC(C)=O)CC2. The number of hydrogen-bond acceptors (Lipinski definition) is 7. The van der Waals surface area contributed by atoms with Gasteiger partial charge in [0.2, 0.25) is 23.0 Å². The Balaban J connectivity index is 1.49. The van der Waals surface area contributed by atoms with E-state index in [9.17, 15) is 14.4 Å². The highest BCUT2D eigenvalue weighted by Gasteiger charge is 2.29. The second-order valence-electron chi connectivity index (χ2n) is 11.0. The third-order valence-corrected chi connectivity index (χ3v) is 8.11. The Kier molecular flexibility index (Phi) is 8.80. The van der Waals surface area contributed by atoms with Crippen LogP contribution in [-0.4, -0.2) is 43.8 Å². The highest BCUT2D eigenvalue weighted by Crippen LogP contribution is 2.50. The van der Waals surface area contributed by atoms with Crippen molar-refractivity contribution in [3.8, 4) is 28.4 Å². The predicted molar refractivity (Wildman–Crippen MR) is 171 cm³/mol. The lowest BCUT2D eigenvalue weighted by atomic mass is 9.95. The van der Waals surface area contributed by atoms with Gasteiger partial charge in [-0.2, -0.15) is 0 Å². The first kappa shape index (κ1) is 30.5. The van der Waals surface area contributed by atoms with Gasteiger partial charge >= 0.3 is 0 Å². The molecule has 2 atom stereocenters. The summed E-state index contributed by atoms with van der Waals surface area (Å²) >= 11 is 0. The molecule has 3 aromatic carbocycles. The Morgan fingerprint density at radius 1 is 1.02 bits per heavy atom. The van der Waals surface area contributed by atoms with E-state index in [0.717, 1.165) is 27.6 Å². The quantitative estimate of drug-likeness (QED) is 0.260. The summed E-state index contributed by atoms with van der Waals surface area (Å²) in [6, 6.07) is 13.8. The number of methoxy groups -OCH3 is 3. The topological polar surface area (TPSA) is 120 Å². The zero-order valence-electron chi connectivity index (χ0n) is 25.9. The Morgan fingerprint density at radius 2 is 1.77 bits per heavy atom. The monoisotopic (exact) mass is 598 g/mol. The van der Waals surface area contributed by atoms with Crippen LogP contribution in [0, 0.1) is 0 Å². The lowest BCUT2D eigenvalue weighted by molar-refractivity contribution is -0.122. The molecule has 230 valence electrons. The van der Waals surface area contributed by atoms with Gasteiger partial charge < -0.3 is 34.7 Å². The zero-order chi connectivity index (χ0) is 31.5. The van der Waals surface area contributed by atoms with Gasteiger partial charge in [-0.25, -0.2) is 0 Å². The second kappa shape index (κ2) is 12.7. The summed E-state index contributed by atoms with van der Waals surface area (Å²) in [4.78, 5) is 39.0. The molecule has 2 amide bonds. The Morgan fingerprint density at radius 3 is 2.48 bits per heavy atom. The number of nitrogens with one attached hydrogen (secondary N) is 3. The van der Waals surface area contributed by atoms with Crippen molar-refractivity contribution in [3.63, 3.8) is 0 Å². The minimum Gasteiger partial charge on any atom is -0.493 e. The smallest absolute Gasteiger partial charge is 0.242 e. The maximum atomic E-state index is 13.6. The van der Waals surface area contributed by atoms with Crippen LogP contribution in [0.25, 0.3) is 22.0 Å². The molecule has 1 aliphatic carbocycles. The van der Waals surface area contributed by atoms with Gasteiger partial charge in [0.25, 0.3) is 0 Å². The first-order valence-corrected chi connectivity index (χ1v) is 14.5. The van der Waals surface area contributed by atoms with E-state index in [2.05, 4.69) is 16.0 Å². The molecule has 1 aromatic heterocycles. The Hall–Kier alpha value is -4.99. The normalized spacial score (nSPS) is 14.5. The summed E-state index contributed by atoms with van der Waals surface area (Å²) in [5.41, 5.74) is 5.10. The maximum Gasteiger partial charge on any atom is 0.242 e. The van der Waals surface area contributed by atoms with E-state index in [4.69, 9.17) is 14.2 Å². The van der Waals surface area contributed by atoms with Crippen LogP contribution in [0.4, 0.5) is 5.69 Å². The highest BCUT2D eigenvalue weighted by atomic mass is 16.5. The number of carbonyl (C=O) groups is 2. The molecule has 10 nitrogen and oxygen atoms in total. The maximum absolute atomic E-state index is 13.6. The number of ether oxygens (including phenoxy) is 3. The summed E-state index contributed by atoms with van der Waals surface area (Å²) in [5, 5.41) is 10.2. The fraction of sp³-hybridized carbons (Fsp3) is 0.324. The van der Waals surface area contributed by atoms with Gasteiger partial charge in [0, 0.05) is 43.2 Å². The standard InChI is InChI=1S/C34H38N4O6/c1-19(34(41)35-17-22-18-38(3)28-10-8-7-9-23(22)28)36-27-14-12-24-25(16-29(27)40)26(37-20(2)39)13-11-21-15-30(42-4)32(43-5)33(44-6)31(21)24/h7-10,12,14-16,18-19,26H,11,13,17H2,1-6H3,(H,35,41)(H,36,40)(H,37,39). The number of nitrogens with zero attached hydrogens (tertiary/aromatic N) is 1. The van der Waals surface area contributed by atoms with Gasteiger partial charge in [0.1, 0.15) is 6.04 Å². The molecule has 0 radical (unpaired) electrons. The van der Waals surface area contributed by atoms with Crippen molar-refractivity contribution in [2.24, 2.45) is 7.05 Å². The molecule has 0 saturated heterocycles. The minimum atomic E-state index is -0.697. The number of hydrogen-bond donors (Lipinski definition) is 3. The molecular weight excluding hydrogens is 560 g/mol. The van der Waals surface area contributed by atoms with E-state index in [-0.39, 0.29) is 22.9 Å². The first-order chi connectivity index (χ1) is 21.2. The molecule has 2 unspecified atom stereocenters. The number of anilines is 1. The molecule has 0 bridgehead atoms. The lowest BCUT2D eigenvalue weighted by Crippen LogP contribution is -2.38. The van der Waals surface area contributed by atoms with Crippen LogP contribution >= 0.6 is 0 Å². The van der Waals surface area contributed by atoms with E-state index in [1.54, 1.807) is 34.3 Å². The molecule has 4 aromatic rings. The van der Waals surface area contributed by atoms with Crippen molar-refractivity contribution in [2.45, 2.75) is 45.3 Å². The van der Waals surface area contributed by atoms with Crippen molar-refractivity contribution in [2.75, 3.05) is 26.6 Å². The minimum absolute atomic E-state index is 0.206. The zero-order valence-corrected chi connectivity index (χ0v) is 25.9. The van der Waals surface area contributed by atoms with Crippen LogP contribution in [0.1, 0.15) is 43.0 Å². The third kappa shape index (κ3) is 5.79. The molecule has 0 aliphatic heterocycles. The molecule has 44 heavy (non-hydrogen) atoms.